The molecular formula is C39H46O9. The SMILES string of the molecule is CO[C@]12C=C3C(=O)c4c(O)c5c(c(CC=C(C)C)c4O[C@@]34[C@@H](C1)C(C)(C)O[C@@]4(C/C=C(\C)C(=O)O)C2=O)O[C@@](C)(CCC=C(C)C)C=C5. The summed E-state index contributed by atoms with van der Waals surface area (Å²) in [5.74, 6) is -2.25. The Morgan fingerprint density at radius 2 is 1.71 bits per heavy atom. The van der Waals surface area contributed by atoms with Gasteiger partial charge in [0.15, 0.2) is 17.0 Å². The van der Waals surface area contributed by atoms with E-state index >= 15 is 0 Å². The molecule has 1 saturated carbocycles. The lowest BCUT2D eigenvalue weighted by Crippen LogP contribution is -2.77. The predicted molar refractivity (Wildman–Crippen MR) is 181 cm³/mol. The summed E-state index contributed by atoms with van der Waals surface area (Å²) in [7, 11) is 1.43. The summed E-state index contributed by atoms with van der Waals surface area (Å²) in [6.45, 7) is 15.2. The maximum absolute atomic E-state index is 14.9. The van der Waals surface area contributed by atoms with Gasteiger partial charge in [-0.25, -0.2) is 4.79 Å². The molecule has 256 valence electrons. The molecule has 9 nitrogen and oxygen atoms in total. The highest BCUT2D eigenvalue weighted by molar-refractivity contribution is 6.20. The fourth-order valence-electron chi connectivity index (χ4n) is 8.38. The third-order valence-corrected chi connectivity index (χ3v) is 10.9. The van der Waals surface area contributed by atoms with Crippen LogP contribution in [0.3, 0.4) is 0 Å². The average molecular weight is 659 g/mol. The number of allylic oxidation sites excluding steroid dienone is 4. The molecule has 1 aromatic carbocycles. The van der Waals surface area contributed by atoms with Crippen LogP contribution in [0.25, 0.3) is 6.08 Å². The third-order valence-electron chi connectivity index (χ3n) is 10.9. The molecule has 3 aliphatic heterocycles. The van der Waals surface area contributed by atoms with Crippen LogP contribution in [0.1, 0.15) is 103 Å². The number of carboxylic acids is 1. The maximum atomic E-state index is 14.9. The van der Waals surface area contributed by atoms with Crippen molar-refractivity contribution in [2.75, 3.05) is 7.11 Å². The van der Waals surface area contributed by atoms with Crippen molar-refractivity contribution >= 4 is 23.6 Å². The highest BCUT2D eigenvalue weighted by Gasteiger charge is 2.84. The fourth-order valence-corrected chi connectivity index (χ4v) is 8.38. The van der Waals surface area contributed by atoms with E-state index in [1.165, 1.54) is 25.7 Å². The van der Waals surface area contributed by atoms with Crippen LogP contribution in [0.2, 0.25) is 0 Å². The monoisotopic (exact) mass is 658 g/mol. The number of benzene rings is 1. The number of methoxy groups -OCH3 is 1. The molecule has 4 bridgehead atoms. The smallest absolute Gasteiger partial charge is 0.330 e. The number of aromatic hydroxyl groups is 1. The Morgan fingerprint density at radius 3 is 2.33 bits per heavy atom. The number of carbonyl (C=O) groups excluding carboxylic acids is 2. The second-order valence-electron chi connectivity index (χ2n) is 15.2. The van der Waals surface area contributed by atoms with Gasteiger partial charge in [-0.3, -0.25) is 9.59 Å². The first kappa shape index (κ1) is 33.9. The topological polar surface area (TPSA) is 129 Å². The zero-order valence-electron chi connectivity index (χ0n) is 29.3. The number of carboxylic acid groups (broad SMARTS) is 1. The Kier molecular flexibility index (Phi) is 7.80. The van der Waals surface area contributed by atoms with Gasteiger partial charge in [0.05, 0.1) is 11.2 Å². The van der Waals surface area contributed by atoms with Crippen molar-refractivity contribution in [2.24, 2.45) is 5.92 Å². The normalized spacial score (nSPS) is 32.0. The largest absolute Gasteiger partial charge is 0.506 e. The van der Waals surface area contributed by atoms with Gasteiger partial charge in [-0.1, -0.05) is 29.4 Å². The Balaban J connectivity index is 1.63. The van der Waals surface area contributed by atoms with Crippen LogP contribution in [-0.4, -0.2) is 62.9 Å². The summed E-state index contributed by atoms with van der Waals surface area (Å²) in [6, 6.07) is 0. The Bertz CT molecular complexity index is 1800. The number of fused-ring (bicyclic) bond motifs is 2. The van der Waals surface area contributed by atoms with Crippen LogP contribution in [0.4, 0.5) is 0 Å². The second-order valence-corrected chi connectivity index (χ2v) is 15.2. The summed E-state index contributed by atoms with van der Waals surface area (Å²) in [5, 5.41) is 21.6. The predicted octanol–water partition coefficient (Wildman–Crippen LogP) is 7.01. The minimum absolute atomic E-state index is 0.0000390. The van der Waals surface area contributed by atoms with Crippen LogP contribution in [-0.2, 0) is 25.5 Å². The van der Waals surface area contributed by atoms with Gasteiger partial charge in [-0.05, 0) is 99.3 Å². The van der Waals surface area contributed by atoms with E-state index in [9.17, 15) is 24.6 Å². The molecule has 6 aliphatic rings. The van der Waals surface area contributed by atoms with Crippen LogP contribution < -0.4 is 9.47 Å². The van der Waals surface area contributed by atoms with Gasteiger partial charge in [0.25, 0.3) is 0 Å². The van der Waals surface area contributed by atoms with E-state index in [0.717, 1.165) is 12.0 Å². The Labute approximate surface area is 282 Å². The molecule has 7 rings (SSSR count). The molecule has 3 aliphatic carbocycles. The van der Waals surface area contributed by atoms with Gasteiger partial charge in [0, 0.05) is 36.2 Å². The van der Waals surface area contributed by atoms with Crippen molar-refractivity contribution < 1.29 is 43.5 Å². The van der Waals surface area contributed by atoms with E-state index < -0.39 is 51.5 Å². The molecule has 0 radical (unpaired) electrons. The summed E-state index contributed by atoms with van der Waals surface area (Å²) < 4.78 is 26.6. The Morgan fingerprint density at radius 1 is 1.02 bits per heavy atom. The molecule has 0 aromatic heterocycles. The first-order valence-corrected chi connectivity index (χ1v) is 16.6. The lowest BCUT2D eigenvalue weighted by molar-refractivity contribution is -0.190. The molecule has 1 saturated heterocycles. The number of rotatable bonds is 9. The number of ketones is 2. The van der Waals surface area contributed by atoms with E-state index in [4.69, 9.17) is 18.9 Å². The van der Waals surface area contributed by atoms with E-state index in [1.807, 2.05) is 52.8 Å². The fraction of sp³-hybridized carbons (Fsp3) is 0.513. The molecule has 2 N–H and O–H groups in total. The maximum Gasteiger partial charge on any atom is 0.330 e. The summed E-state index contributed by atoms with van der Waals surface area (Å²) in [4.78, 5) is 41.5. The molecule has 48 heavy (non-hydrogen) atoms. The average Bonchev–Trinajstić information content (AvgIpc) is 3.16. The van der Waals surface area contributed by atoms with Gasteiger partial charge >= 0.3 is 5.97 Å². The molecule has 1 aromatic rings. The molecule has 9 heteroatoms. The zero-order chi connectivity index (χ0) is 35.2. The van der Waals surface area contributed by atoms with Crippen molar-refractivity contribution in [3.63, 3.8) is 0 Å². The molecular weight excluding hydrogens is 612 g/mol. The minimum atomic E-state index is -1.79. The van der Waals surface area contributed by atoms with Crippen molar-refractivity contribution in [2.45, 2.75) is 115 Å². The number of aliphatic carboxylic acids is 1. The molecule has 3 heterocycles. The van der Waals surface area contributed by atoms with Gasteiger partial charge in [-0.15, -0.1) is 0 Å². The standard InChI is InChI=1S/C39H46O9/c1-21(2)11-10-16-36(8)17-15-24-29(40)28-30(41)26-19-37(45-9)20-27-35(6,7)48-38(34(37)44,18-14-23(5)33(42)43)39(26,27)47-32(28)25(31(24)46-36)13-12-22(3)4/h11-12,14-15,17,19,27,40H,10,13,16,18,20H2,1-9H3,(H,42,43)/b23-14+/t27-,36-,37+,38-,39+/m0/s1. The van der Waals surface area contributed by atoms with Crippen LogP contribution in [0.5, 0.6) is 17.2 Å². The van der Waals surface area contributed by atoms with Crippen molar-refractivity contribution in [1.82, 2.24) is 0 Å². The first-order valence-electron chi connectivity index (χ1n) is 16.6. The summed E-state index contributed by atoms with van der Waals surface area (Å²) >= 11 is 0. The van der Waals surface area contributed by atoms with Gasteiger partial charge in [0.1, 0.15) is 34.0 Å². The van der Waals surface area contributed by atoms with Gasteiger partial charge in [-0.2, -0.15) is 0 Å². The van der Waals surface area contributed by atoms with Gasteiger partial charge in [0.2, 0.25) is 5.78 Å². The summed E-state index contributed by atoms with van der Waals surface area (Å²) in [6.07, 6.45) is 12.8. The quantitative estimate of drug-likeness (QED) is 0.213. The van der Waals surface area contributed by atoms with Crippen LogP contribution in [0, 0.1) is 5.92 Å². The number of ether oxygens (including phenoxy) is 4. The third kappa shape index (κ3) is 4.60. The highest BCUT2D eigenvalue weighted by atomic mass is 16.6. The number of carbonyl (C=O) groups is 3. The number of phenolic OH excluding ortho intramolecular Hbond substituents is 1. The second kappa shape index (κ2) is 11.0. The van der Waals surface area contributed by atoms with E-state index in [0.29, 0.717) is 29.7 Å². The molecule has 2 fully saturated rings. The number of hydrogen-bond donors (Lipinski definition) is 2. The number of hydrogen-bond acceptors (Lipinski definition) is 8. The van der Waals surface area contributed by atoms with E-state index in [-0.39, 0.29) is 41.1 Å². The Hall–Kier alpha value is -3.95. The highest BCUT2D eigenvalue weighted by Crippen LogP contribution is 2.70. The van der Waals surface area contributed by atoms with Crippen molar-refractivity contribution in [3.05, 3.63) is 69.4 Å². The molecule has 5 atom stereocenters. The molecule has 0 unspecified atom stereocenters. The minimum Gasteiger partial charge on any atom is -0.506 e. The van der Waals surface area contributed by atoms with Crippen molar-refractivity contribution in [3.8, 4) is 17.2 Å². The van der Waals surface area contributed by atoms with Crippen molar-refractivity contribution in [1.29, 1.82) is 0 Å². The number of phenols is 1. The lowest BCUT2D eigenvalue weighted by Gasteiger charge is -2.59. The number of Topliss-reactive ketones (excluding diaryl/α,β-unsaturated/α-hetero) is 2. The molecule has 1 spiro atoms. The van der Waals surface area contributed by atoms with Crippen LogP contribution >= 0.6 is 0 Å². The summed E-state index contributed by atoms with van der Waals surface area (Å²) in [5.41, 5.74) is -3.15. The van der Waals surface area contributed by atoms with Crippen LogP contribution in [0.15, 0.2) is 52.7 Å². The zero-order valence-corrected chi connectivity index (χ0v) is 29.3. The lowest BCUT2D eigenvalue weighted by atomic mass is 9.49. The molecule has 0 amide bonds. The first-order chi connectivity index (χ1) is 22.4. The van der Waals surface area contributed by atoms with E-state index in [1.54, 1.807) is 6.08 Å². The van der Waals surface area contributed by atoms with Gasteiger partial charge < -0.3 is 29.2 Å². The van der Waals surface area contributed by atoms with E-state index in [2.05, 4.69) is 19.9 Å².